The van der Waals surface area contributed by atoms with Crippen molar-refractivity contribution in [3.63, 3.8) is 0 Å². The molecule has 1 heterocycles. The van der Waals surface area contributed by atoms with E-state index in [0.717, 1.165) is 25.7 Å². The fraction of sp³-hybridized carbons (Fsp3) is 0.926. The summed E-state index contributed by atoms with van der Waals surface area (Å²) in [6.07, 6.45) is 8.75. The van der Waals surface area contributed by atoms with Crippen molar-refractivity contribution in [3.8, 4) is 0 Å². The van der Waals surface area contributed by atoms with Crippen LogP contribution in [-0.2, 0) is 14.3 Å². The Bertz CT molecular complexity index is 732. The number of ketones is 2. The van der Waals surface area contributed by atoms with Gasteiger partial charge in [-0.25, -0.2) is 0 Å². The topological polar surface area (TPSA) is 46.7 Å². The Kier molecular flexibility index (Phi) is 6.26. The second-order valence-corrected chi connectivity index (χ2v) is 13.2. The van der Waals surface area contributed by atoms with Crippen LogP contribution in [0.2, 0.25) is 0 Å². The Morgan fingerprint density at radius 2 is 1.81 bits per heavy atom. The molecule has 4 rings (SSSR count). The zero-order valence-electron chi connectivity index (χ0n) is 20.6. The first-order chi connectivity index (χ1) is 14.4. The summed E-state index contributed by atoms with van der Waals surface area (Å²) in [4.78, 5) is 25.6. The number of epoxide rings is 1. The van der Waals surface area contributed by atoms with E-state index in [1.807, 2.05) is 0 Å². The van der Waals surface area contributed by atoms with Crippen LogP contribution in [0.25, 0.3) is 0 Å². The molecule has 0 bridgehead atoms. The highest BCUT2D eigenvalue weighted by Gasteiger charge is 2.61. The van der Waals surface area contributed by atoms with Crippen molar-refractivity contribution in [2.24, 2.45) is 40.9 Å². The van der Waals surface area contributed by atoms with Gasteiger partial charge in [-0.3, -0.25) is 9.59 Å². The molecule has 176 valence electrons. The van der Waals surface area contributed by atoms with Gasteiger partial charge in [-0.1, -0.05) is 34.1 Å². The molecule has 0 aromatic heterocycles. The highest BCUT2D eigenvalue weighted by atomic mass is 32.1. The zero-order valence-corrected chi connectivity index (χ0v) is 21.5. The first-order valence-corrected chi connectivity index (χ1v) is 13.3. The van der Waals surface area contributed by atoms with Gasteiger partial charge in [0.25, 0.3) is 0 Å². The molecule has 0 N–H and O–H groups in total. The van der Waals surface area contributed by atoms with Gasteiger partial charge in [0.05, 0.1) is 11.7 Å². The minimum atomic E-state index is -0.120. The SMILES string of the molecule is CC[C@H]1C2C(=O)CC3CC(=O)CCC3(S)[C@H]2CCC1(C)C(C)[C@H](C)CCC1OC1(C)C. The second kappa shape index (κ2) is 8.15. The fourth-order valence-corrected chi connectivity index (χ4v) is 8.67. The van der Waals surface area contributed by atoms with E-state index in [1.165, 1.54) is 12.8 Å². The molecule has 9 atom stereocenters. The third-order valence-corrected chi connectivity index (χ3v) is 11.5. The lowest BCUT2D eigenvalue weighted by Crippen LogP contribution is -2.60. The largest absolute Gasteiger partial charge is 0.367 e. The van der Waals surface area contributed by atoms with Gasteiger partial charge < -0.3 is 4.74 Å². The maximum Gasteiger partial charge on any atom is 0.136 e. The predicted molar refractivity (Wildman–Crippen MR) is 128 cm³/mol. The summed E-state index contributed by atoms with van der Waals surface area (Å²) in [5.41, 5.74) is 0.260. The number of fused-ring (bicyclic) bond motifs is 3. The molecule has 3 saturated carbocycles. The molecule has 3 aliphatic carbocycles. The third kappa shape index (κ3) is 3.96. The summed E-state index contributed by atoms with van der Waals surface area (Å²) in [7, 11) is 0. The summed E-state index contributed by atoms with van der Waals surface area (Å²) in [6.45, 7) is 14.0. The maximum atomic E-state index is 13.5. The highest BCUT2D eigenvalue weighted by molar-refractivity contribution is 7.81. The van der Waals surface area contributed by atoms with Crippen LogP contribution in [-0.4, -0.2) is 28.0 Å². The van der Waals surface area contributed by atoms with Gasteiger partial charge in [0.2, 0.25) is 0 Å². The minimum absolute atomic E-state index is 0.0736. The Morgan fingerprint density at radius 1 is 1.13 bits per heavy atom. The first-order valence-electron chi connectivity index (χ1n) is 12.9. The van der Waals surface area contributed by atoms with E-state index in [1.54, 1.807) is 0 Å². The first kappa shape index (κ1) is 23.8. The average Bonchev–Trinajstić information content (AvgIpc) is 3.33. The molecule has 0 spiro atoms. The monoisotopic (exact) mass is 448 g/mol. The Morgan fingerprint density at radius 3 is 2.42 bits per heavy atom. The molecule has 0 amide bonds. The summed E-state index contributed by atoms with van der Waals surface area (Å²) >= 11 is 5.27. The van der Waals surface area contributed by atoms with E-state index in [0.29, 0.717) is 60.6 Å². The molecule has 1 aliphatic heterocycles. The molecular weight excluding hydrogens is 404 g/mol. The van der Waals surface area contributed by atoms with Crippen LogP contribution in [0.4, 0.5) is 0 Å². The predicted octanol–water partition coefficient (Wildman–Crippen LogP) is 6.29. The van der Waals surface area contributed by atoms with Crippen molar-refractivity contribution >= 4 is 24.2 Å². The number of hydrogen-bond acceptors (Lipinski definition) is 4. The van der Waals surface area contributed by atoms with Gasteiger partial charge in [-0.05, 0) is 81.0 Å². The van der Waals surface area contributed by atoms with Crippen LogP contribution in [0.5, 0.6) is 0 Å². The molecule has 4 heteroatoms. The van der Waals surface area contributed by atoms with Crippen LogP contribution < -0.4 is 0 Å². The van der Waals surface area contributed by atoms with Gasteiger partial charge in [0.1, 0.15) is 11.6 Å². The number of carbonyl (C=O) groups is 2. The van der Waals surface area contributed by atoms with Gasteiger partial charge in [-0.15, -0.1) is 0 Å². The zero-order chi connectivity index (χ0) is 22.8. The van der Waals surface area contributed by atoms with Crippen molar-refractivity contribution in [1.82, 2.24) is 0 Å². The van der Waals surface area contributed by atoms with E-state index in [4.69, 9.17) is 17.4 Å². The van der Waals surface area contributed by atoms with Crippen molar-refractivity contribution in [2.75, 3.05) is 0 Å². The summed E-state index contributed by atoms with van der Waals surface area (Å²) < 4.78 is 5.70. The quantitative estimate of drug-likeness (QED) is 0.384. The van der Waals surface area contributed by atoms with Crippen LogP contribution in [0.15, 0.2) is 0 Å². The van der Waals surface area contributed by atoms with E-state index in [9.17, 15) is 9.59 Å². The lowest BCUT2D eigenvalue weighted by molar-refractivity contribution is -0.148. The van der Waals surface area contributed by atoms with Gasteiger partial charge >= 0.3 is 0 Å². The Balaban J connectivity index is 1.52. The van der Waals surface area contributed by atoms with E-state index >= 15 is 0 Å². The second-order valence-electron chi connectivity index (χ2n) is 12.3. The average molecular weight is 449 g/mol. The maximum absolute atomic E-state index is 13.5. The lowest BCUT2D eigenvalue weighted by atomic mass is 9.46. The van der Waals surface area contributed by atoms with Crippen molar-refractivity contribution in [2.45, 2.75) is 116 Å². The molecule has 4 aliphatic rings. The molecule has 6 unspecified atom stereocenters. The number of thiol groups is 1. The standard InChI is InChI=1S/C27H44O3S/c1-7-20-24-21(27(31)13-10-19(28)14-18(27)15-22(24)29)11-12-26(20,6)17(3)16(2)8-9-23-25(4,5)30-23/h16-18,20-21,23-24,31H,7-15H2,1-6H3/t16-,17?,18?,20+,21+,23?,24?,26?,27?/m1/s1. The smallest absolute Gasteiger partial charge is 0.136 e. The van der Waals surface area contributed by atoms with Gasteiger partial charge in [0.15, 0.2) is 0 Å². The van der Waals surface area contributed by atoms with Crippen molar-refractivity contribution in [3.05, 3.63) is 0 Å². The molecule has 1 saturated heterocycles. The highest BCUT2D eigenvalue weighted by Crippen LogP contribution is 2.63. The van der Waals surface area contributed by atoms with Gasteiger partial charge in [-0.2, -0.15) is 12.6 Å². The third-order valence-electron chi connectivity index (χ3n) is 10.5. The minimum Gasteiger partial charge on any atom is -0.367 e. The Hall–Kier alpha value is -0.350. The number of rotatable bonds is 6. The summed E-state index contributed by atoms with van der Waals surface area (Å²) in [6, 6.07) is 0. The van der Waals surface area contributed by atoms with E-state index < -0.39 is 0 Å². The van der Waals surface area contributed by atoms with Crippen LogP contribution >= 0.6 is 12.6 Å². The van der Waals surface area contributed by atoms with Crippen LogP contribution in [0, 0.1) is 40.9 Å². The van der Waals surface area contributed by atoms with E-state index in [-0.39, 0.29) is 27.6 Å². The fourth-order valence-electron chi connectivity index (χ4n) is 8.08. The van der Waals surface area contributed by atoms with Gasteiger partial charge in [0, 0.05) is 29.9 Å². The molecule has 4 fully saturated rings. The molecule has 31 heavy (non-hydrogen) atoms. The van der Waals surface area contributed by atoms with E-state index in [2.05, 4.69) is 41.5 Å². The number of hydrogen-bond donors (Lipinski definition) is 1. The van der Waals surface area contributed by atoms with Crippen LogP contribution in [0.3, 0.4) is 0 Å². The summed E-state index contributed by atoms with van der Waals surface area (Å²) in [5, 5.41) is 0. The lowest BCUT2D eigenvalue weighted by Gasteiger charge is -2.61. The number of carbonyl (C=O) groups excluding carboxylic acids is 2. The molecule has 0 radical (unpaired) electrons. The summed E-state index contributed by atoms with van der Waals surface area (Å²) in [5.74, 6) is 3.02. The van der Waals surface area contributed by atoms with Crippen molar-refractivity contribution < 1.29 is 14.3 Å². The molecule has 0 aromatic rings. The number of Topliss-reactive ketones (excluding diaryl/α,β-unsaturated/α-hetero) is 2. The number of ether oxygens (including phenoxy) is 1. The normalized spacial score (nSPS) is 46.1. The molecule has 3 nitrogen and oxygen atoms in total. The Labute approximate surface area is 195 Å². The van der Waals surface area contributed by atoms with Crippen molar-refractivity contribution in [1.29, 1.82) is 0 Å². The van der Waals surface area contributed by atoms with Crippen LogP contribution in [0.1, 0.15) is 99.3 Å². The molecule has 0 aromatic carbocycles. The molecular formula is C27H44O3S.